The Morgan fingerprint density at radius 3 is 2.06 bits per heavy atom. The molecule has 1 amide bonds. The van der Waals surface area contributed by atoms with Crippen LogP contribution in [0.25, 0.3) is 0 Å². The molecule has 0 unspecified atom stereocenters. The minimum atomic E-state index is -0.342. The standard InChI is InChI=1S/C14H19NO2/c1-8-5-9(2)11(4)13(10(8)3)14(17)15-6-12(16)7-15/h5,12,16H,6-7H2,1-4H3. The maximum Gasteiger partial charge on any atom is 0.254 e. The lowest BCUT2D eigenvalue weighted by molar-refractivity contribution is 0.00577. The van der Waals surface area contributed by atoms with Gasteiger partial charge in [-0.05, 0) is 49.9 Å². The normalized spacial score (nSPS) is 15.9. The summed E-state index contributed by atoms with van der Waals surface area (Å²) in [4.78, 5) is 14.0. The Bertz CT molecular complexity index is 447. The first-order valence-electron chi connectivity index (χ1n) is 5.96. The van der Waals surface area contributed by atoms with Crippen molar-refractivity contribution in [2.24, 2.45) is 0 Å². The van der Waals surface area contributed by atoms with Gasteiger partial charge in [0.05, 0.1) is 6.10 Å². The second kappa shape index (κ2) is 4.15. The van der Waals surface area contributed by atoms with Crippen molar-refractivity contribution in [3.05, 3.63) is 33.9 Å². The van der Waals surface area contributed by atoms with Gasteiger partial charge >= 0.3 is 0 Å². The van der Waals surface area contributed by atoms with Gasteiger partial charge in [0, 0.05) is 18.7 Å². The Morgan fingerprint density at radius 2 is 1.65 bits per heavy atom. The molecule has 2 rings (SSSR count). The number of β-amino-alcohol motifs (C(OH)–C–C–N with tert-alkyl or cyclic N) is 1. The van der Waals surface area contributed by atoms with Crippen LogP contribution >= 0.6 is 0 Å². The van der Waals surface area contributed by atoms with Crippen molar-refractivity contribution in [1.82, 2.24) is 4.90 Å². The molecule has 3 nitrogen and oxygen atoms in total. The molecular weight excluding hydrogens is 214 g/mol. The highest BCUT2D eigenvalue weighted by molar-refractivity contribution is 5.98. The first-order chi connectivity index (χ1) is 7.91. The number of aliphatic hydroxyl groups is 1. The summed E-state index contributed by atoms with van der Waals surface area (Å²) in [6.45, 7) is 8.97. The monoisotopic (exact) mass is 233 g/mol. The number of benzene rings is 1. The van der Waals surface area contributed by atoms with Gasteiger partial charge in [-0.3, -0.25) is 4.79 Å². The van der Waals surface area contributed by atoms with Gasteiger partial charge in [0.1, 0.15) is 0 Å². The van der Waals surface area contributed by atoms with Crippen LogP contribution in [0, 0.1) is 27.7 Å². The third kappa shape index (κ3) is 1.95. The van der Waals surface area contributed by atoms with Crippen molar-refractivity contribution in [3.63, 3.8) is 0 Å². The van der Waals surface area contributed by atoms with Crippen LogP contribution in [-0.2, 0) is 0 Å². The number of carbonyl (C=O) groups is 1. The van der Waals surface area contributed by atoms with E-state index in [0.29, 0.717) is 13.1 Å². The third-order valence-corrected chi connectivity index (χ3v) is 3.73. The van der Waals surface area contributed by atoms with Gasteiger partial charge in [0.25, 0.3) is 5.91 Å². The zero-order valence-corrected chi connectivity index (χ0v) is 10.9. The molecule has 0 saturated carbocycles. The number of aryl methyl sites for hydroxylation is 2. The van der Waals surface area contributed by atoms with E-state index in [0.717, 1.165) is 27.8 Å². The Morgan fingerprint density at radius 1 is 1.18 bits per heavy atom. The molecule has 1 N–H and O–H groups in total. The Kier molecular flexibility index (Phi) is 2.96. The van der Waals surface area contributed by atoms with E-state index >= 15 is 0 Å². The number of nitrogens with zero attached hydrogens (tertiary/aromatic N) is 1. The Labute approximate surface area is 102 Å². The second-order valence-electron chi connectivity index (χ2n) is 5.00. The number of hydrogen-bond donors (Lipinski definition) is 1. The van der Waals surface area contributed by atoms with Crippen LogP contribution in [-0.4, -0.2) is 35.1 Å². The first-order valence-corrected chi connectivity index (χ1v) is 5.96. The number of rotatable bonds is 1. The molecule has 0 radical (unpaired) electrons. The van der Waals surface area contributed by atoms with Gasteiger partial charge in [0.2, 0.25) is 0 Å². The zero-order chi connectivity index (χ0) is 12.7. The topological polar surface area (TPSA) is 40.5 Å². The van der Waals surface area contributed by atoms with E-state index < -0.39 is 0 Å². The fourth-order valence-electron chi connectivity index (χ4n) is 2.32. The van der Waals surface area contributed by atoms with Crippen molar-refractivity contribution in [2.75, 3.05) is 13.1 Å². The van der Waals surface area contributed by atoms with Crippen LogP contribution in [0.15, 0.2) is 6.07 Å². The smallest absolute Gasteiger partial charge is 0.254 e. The molecular formula is C14H19NO2. The molecule has 1 aliphatic heterocycles. The molecule has 1 aromatic rings. The van der Waals surface area contributed by atoms with Gasteiger partial charge in [-0.25, -0.2) is 0 Å². The van der Waals surface area contributed by atoms with E-state index in [1.54, 1.807) is 4.90 Å². The van der Waals surface area contributed by atoms with Crippen molar-refractivity contribution < 1.29 is 9.90 Å². The lowest BCUT2D eigenvalue weighted by atomic mass is 9.92. The molecule has 0 bridgehead atoms. The lowest BCUT2D eigenvalue weighted by Crippen LogP contribution is -2.53. The number of hydrogen-bond acceptors (Lipinski definition) is 2. The van der Waals surface area contributed by atoms with Crippen LogP contribution in [0.4, 0.5) is 0 Å². The van der Waals surface area contributed by atoms with Gasteiger partial charge < -0.3 is 10.0 Å². The minimum absolute atomic E-state index is 0.0529. The molecule has 1 heterocycles. The average molecular weight is 233 g/mol. The summed E-state index contributed by atoms with van der Waals surface area (Å²) in [5.74, 6) is 0.0529. The maximum atomic E-state index is 12.3. The molecule has 92 valence electrons. The molecule has 0 atom stereocenters. The Hall–Kier alpha value is -1.35. The number of likely N-dealkylation sites (tertiary alicyclic amines) is 1. The predicted octanol–water partition coefficient (Wildman–Crippen LogP) is 1.74. The molecule has 1 fully saturated rings. The van der Waals surface area contributed by atoms with Crippen LogP contribution in [0.2, 0.25) is 0 Å². The fraction of sp³-hybridized carbons (Fsp3) is 0.500. The summed E-state index contributed by atoms with van der Waals surface area (Å²) in [5.41, 5.74) is 5.23. The van der Waals surface area contributed by atoms with Crippen molar-refractivity contribution >= 4 is 5.91 Å². The van der Waals surface area contributed by atoms with E-state index in [1.165, 1.54) is 0 Å². The summed E-state index contributed by atoms with van der Waals surface area (Å²) >= 11 is 0. The molecule has 1 aromatic carbocycles. The van der Waals surface area contributed by atoms with Crippen molar-refractivity contribution in [2.45, 2.75) is 33.8 Å². The molecule has 1 aliphatic rings. The SMILES string of the molecule is Cc1cc(C)c(C)c(C(=O)N2CC(O)C2)c1C. The molecule has 3 heteroatoms. The lowest BCUT2D eigenvalue weighted by Gasteiger charge is -2.36. The van der Waals surface area contributed by atoms with Gasteiger partial charge in [-0.15, -0.1) is 0 Å². The largest absolute Gasteiger partial charge is 0.389 e. The van der Waals surface area contributed by atoms with Gasteiger partial charge in [-0.2, -0.15) is 0 Å². The van der Waals surface area contributed by atoms with E-state index in [4.69, 9.17) is 0 Å². The third-order valence-electron chi connectivity index (χ3n) is 3.73. The molecule has 0 aliphatic carbocycles. The first kappa shape index (κ1) is 12.1. The quantitative estimate of drug-likeness (QED) is 0.802. The number of amides is 1. The Balaban J connectivity index is 2.41. The summed E-state index contributed by atoms with van der Waals surface area (Å²) in [6, 6.07) is 2.12. The number of aliphatic hydroxyl groups excluding tert-OH is 1. The predicted molar refractivity (Wildman–Crippen MR) is 67.3 cm³/mol. The highest BCUT2D eigenvalue weighted by atomic mass is 16.3. The van der Waals surface area contributed by atoms with Crippen LogP contribution < -0.4 is 0 Å². The van der Waals surface area contributed by atoms with Crippen molar-refractivity contribution in [1.29, 1.82) is 0 Å². The van der Waals surface area contributed by atoms with Crippen LogP contribution in [0.3, 0.4) is 0 Å². The minimum Gasteiger partial charge on any atom is -0.389 e. The van der Waals surface area contributed by atoms with Crippen LogP contribution in [0.1, 0.15) is 32.6 Å². The fourth-order valence-corrected chi connectivity index (χ4v) is 2.32. The summed E-state index contributed by atoms with van der Waals surface area (Å²) < 4.78 is 0. The molecule has 17 heavy (non-hydrogen) atoms. The number of carbonyl (C=O) groups excluding carboxylic acids is 1. The van der Waals surface area contributed by atoms with Crippen LogP contribution in [0.5, 0.6) is 0 Å². The van der Waals surface area contributed by atoms with E-state index in [2.05, 4.69) is 6.07 Å². The van der Waals surface area contributed by atoms with Gasteiger partial charge in [-0.1, -0.05) is 6.07 Å². The van der Waals surface area contributed by atoms with Crippen molar-refractivity contribution in [3.8, 4) is 0 Å². The van der Waals surface area contributed by atoms with E-state index in [-0.39, 0.29) is 12.0 Å². The average Bonchev–Trinajstić information content (AvgIpc) is 2.22. The molecule has 0 spiro atoms. The van der Waals surface area contributed by atoms with Gasteiger partial charge in [0.15, 0.2) is 0 Å². The maximum absolute atomic E-state index is 12.3. The zero-order valence-electron chi connectivity index (χ0n) is 10.9. The summed E-state index contributed by atoms with van der Waals surface area (Å²) in [7, 11) is 0. The highest BCUT2D eigenvalue weighted by Gasteiger charge is 2.31. The highest BCUT2D eigenvalue weighted by Crippen LogP contribution is 2.24. The summed E-state index contributed by atoms with van der Waals surface area (Å²) in [6.07, 6.45) is -0.342. The summed E-state index contributed by atoms with van der Waals surface area (Å²) in [5, 5.41) is 9.27. The second-order valence-corrected chi connectivity index (χ2v) is 5.00. The van der Waals surface area contributed by atoms with E-state index in [9.17, 15) is 9.90 Å². The molecule has 0 aromatic heterocycles. The molecule has 1 saturated heterocycles. The van der Waals surface area contributed by atoms with E-state index in [1.807, 2.05) is 27.7 Å².